The normalized spacial score (nSPS) is 10.5. The minimum atomic E-state index is -0.164. The van der Waals surface area contributed by atoms with E-state index in [4.69, 9.17) is 0 Å². The number of hydrogen-bond acceptors (Lipinski definition) is 4. The van der Waals surface area contributed by atoms with Crippen LogP contribution in [0, 0.1) is 13.8 Å². The third-order valence-electron chi connectivity index (χ3n) is 3.25. The smallest absolute Gasteiger partial charge is 0.255 e. The lowest BCUT2D eigenvalue weighted by atomic mass is 10.1. The van der Waals surface area contributed by atoms with Crippen molar-refractivity contribution in [3.8, 4) is 11.4 Å². The van der Waals surface area contributed by atoms with Crippen LogP contribution in [0.3, 0.4) is 0 Å². The second-order valence-electron chi connectivity index (χ2n) is 5.11. The summed E-state index contributed by atoms with van der Waals surface area (Å²) in [5, 5.41) is 16.8. The topological polar surface area (TPSA) is 83.6 Å². The van der Waals surface area contributed by atoms with Crippen LogP contribution in [0.1, 0.15) is 21.5 Å². The van der Waals surface area contributed by atoms with Gasteiger partial charge in [-0.3, -0.25) is 4.79 Å². The summed E-state index contributed by atoms with van der Waals surface area (Å²) in [6.45, 7) is 3.94. The van der Waals surface area contributed by atoms with Crippen molar-refractivity contribution in [3.63, 3.8) is 0 Å². The molecule has 0 fully saturated rings. The maximum Gasteiger partial charge on any atom is 0.255 e. The molecule has 0 radical (unpaired) electrons. The van der Waals surface area contributed by atoms with Crippen LogP contribution >= 0.6 is 0 Å². The Morgan fingerprint density at radius 3 is 2.50 bits per heavy atom. The zero-order valence-corrected chi connectivity index (χ0v) is 12.3. The van der Waals surface area contributed by atoms with E-state index in [0.717, 1.165) is 11.1 Å². The molecule has 6 heteroatoms. The average Bonchev–Trinajstić information content (AvgIpc) is 3.01. The number of H-pyrrole nitrogens is 1. The van der Waals surface area contributed by atoms with Gasteiger partial charge in [0.2, 0.25) is 5.82 Å². The number of anilines is 1. The van der Waals surface area contributed by atoms with Crippen molar-refractivity contribution in [1.82, 2.24) is 20.6 Å². The van der Waals surface area contributed by atoms with Crippen LogP contribution in [0.25, 0.3) is 11.4 Å². The van der Waals surface area contributed by atoms with Crippen LogP contribution in [-0.2, 0) is 0 Å². The standard InChI is InChI=1S/C16H15N5O/c1-10-7-11(2)9-12(8-10)16(22)17-14-6-4-3-5-13(14)15-18-20-21-19-15/h3-9H,1-2H3,(H,17,22)(H,18,19,20,21). The number of nitrogens with one attached hydrogen (secondary N) is 2. The van der Waals surface area contributed by atoms with Crippen LogP contribution in [-0.4, -0.2) is 26.5 Å². The summed E-state index contributed by atoms with van der Waals surface area (Å²) in [4.78, 5) is 12.5. The molecule has 0 bridgehead atoms. The highest BCUT2D eigenvalue weighted by Crippen LogP contribution is 2.24. The van der Waals surface area contributed by atoms with Gasteiger partial charge in [-0.2, -0.15) is 5.21 Å². The molecule has 0 aliphatic heterocycles. The largest absolute Gasteiger partial charge is 0.321 e. The summed E-state index contributed by atoms with van der Waals surface area (Å²) in [5.41, 5.74) is 4.09. The van der Waals surface area contributed by atoms with E-state index in [1.165, 1.54) is 0 Å². The van der Waals surface area contributed by atoms with Crippen LogP contribution in [0.2, 0.25) is 0 Å². The number of aromatic nitrogens is 4. The lowest BCUT2D eigenvalue weighted by molar-refractivity contribution is 0.102. The van der Waals surface area contributed by atoms with E-state index in [-0.39, 0.29) is 5.91 Å². The first kappa shape index (κ1) is 13.9. The first-order valence-corrected chi connectivity index (χ1v) is 6.86. The van der Waals surface area contributed by atoms with Crippen molar-refractivity contribution in [2.75, 3.05) is 5.32 Å². The lowest BCUT2D eigenvalue weighted by Crippen LogP contribution is -2.13. The molecule has 0 aliphatic carbocycles. The monoisotopic (exact) mass is 293 g/mol. The Hall–Kier alpha value is -3.02. The molecule has 0 spiro atoms. The molecule has 0 atom stereocenters. The number of carbonyl (C=O) groups is 1. The Morgan fingerprint density at radius 1 is 1.09 bits per heavy atom. The second kappa shape index (κ2) is 5.77. The first-order valence-electron chi connectivity index (χ1n) is 6.86. The quantitative estimate of drug-likeness (QED) is 0.777. The average molecular weight is 293 g/mol. The van der Waals surface area contributed by atoms with E-state index >= 15 is 0 Å². The van der Waals surface area contributed by atoms with E-state index < -0.39 is 0 Å². The van der Waals surface area contributed by atoms with Gasteiger partial charge >= 0.3 is 0 Å². The molecule has 2 N–H and O–H groups in total. The fraction of sp³-hybridized carbons (Fsp3) is 0.125. The van der Waals surface area contributed by atoms with Gasteiger partial charge < -0.3 is 5.32 Å². The molecule has 3 rings (SSSR count). The van der Waals surface area contributed by atoms with Crippen molar-refractivity contribution in [3.05, 3.63) is 59.2 Å². The molecule has 0 unspecified atom stereocenters. The zero-order valence-electron chi connectivity index (χ0n) is 12.3. The van der Waals surface area contributed by atoms with Gasteiger partial charge in [0.15, 0.2) is 0 Å². The Bertz CT molecular complexity index is 791. The number of benzene rings is 2. The number of carbonyl (C=O) groups excluding carboxylic acids is 1. The van der Waals surface area contributed by atoms with Gasteiger partial charge in [0, 0.05) is 11.1 Å². The molecule has 1 aromatic heterocycles. The molecular formula is C16H15N5O. The van der Waals surface area contributed by atoms with Crippen LogP contribution < -0.4 is 5.32 Å². The minimum absolute atomic E-state index is 0.164. The van der Waals surface area contributed by atoms with Crippen molar-refractivity contribution in [2.45, 2.75) is 13.8 Å². The van der Waals surface area contributed by atoms with E-state index in [1.54, 1.807) is 0 Å². The first-order chi connectivity index (χ1) is 10.6. The van der Waals surface area contributed by atoms with Crippen molar-refractivity contribution < 1.29 is 4.79 Å². The van der Waals surface area contributed by atoms with E-state index in [2.05, 4.69) is 25.9 Å². The summed E-state index contributed by atoms with van der Waals surface area (Å²) in [7, 11) is 0. The van der Waals surface area contributed by atoms with Gasteiger partial charge in [0.25, 0.3) is 5.91 Å². The van der Waals surface area contributed by atoms with E-state index in [0.29, 0.717) is 22.6 Å². The summed E-state index contributed by atoms with van der Waals surface area (Å²) in [5.74, 6) is 0.277. The van der Waals surface area contributed by atoms with Gasteiger partial charge in [0.1, 0.15) is 0 Å². The molecule has 6 nitrogen and oxygen atoms in total. The number of para-hydroxylation sites is 1. The Kier molecular flexibility index (Phi) is 3.65. The number of tetrazole rings is 1. The summed E-state index contributed by atoms with van der Waals surface area (Å²) < 4.78 is 0. The third kappa shape index (κ3) is 2.85. The SMILES string of the molecule is Cc1cc(C)cc(C(=O)Nc2ccccc2-c2nn[nH]n2)c1. The second-order valence-corrected chi connectivity index (χ2v) is 5.11. The van der Waals surface area contributed by atoms with Gasteiger partial charge in [-0.15, -0.1) is 10.2 Å². The fourth-order valence-corrected chi connectivity index (χ4v) is 2.36. The van der Waals surface area contributed by atoms with Gasteiger partial charge in [-0.1, -0.05) is 29.3 Å². The molecule has 0 saturated carbocycles. The summed E-state index contributed by atoms with van der Waals surface area (Å²) in [6.07, 6.45) is 0. The van der Waals surface area contributed by atoms with Gasteiger partial charge in [-0.05, 0) is 43.3 Å². The maximum absolute atomic E-state index is 12.5. The molecule has 3 aromatic rings. The molecule has 110 valence electrons. The molecule has 0 saturated heterocycles. The molecule has 2 aromatic carbocycles. The molecule has 1 heterocycles. The number of aryl methyl sites for hydroxylation is 2. The lowest BCUT2D eigenvalue weighted by Gasteiger charge is -2.10. The summed E-state index contributed by atoms with van der Waals surface area (Å²) in [6, 6.07) is 13.1. The molecule has 22 heavy (non-hydrogen) atoms. The molecular weight excluding hydrogens is 278 g/mol. The van der Waals surface area contributed by atoms with Gasteiger partial charge in [0.05, 0.1) is 5.69 Å². The Balaban J connectivity index is 1.92. The predicted octanol–water partition coefficient (Wildman–Crippen LogP) is 2.74. The number of nitrogens with zero attached hydrogens (tertiary/aromatic N) is 3. The number of rotatable bonds is 3. The van der Waals surface area contributed by atoms with Crippen molar-refractivity contribution >= 4 is 11.6 Å². The maximum atomic E-state index is 12.5. The van der Waals surface area contributed by atoms with Crippen molar-refractivity contribution in [1.29, 1.82) is 0 Å². The van der Waals surface area contributed by atoms with Crippen LogP contribution in [0.4, 0.5) is 5.69 Å². The Labute approximate surface area is 127 Å². The summed E-state index contributed by atoms with van der Waals surface area (Å²) >= 11 is 0. The Morgan fingerprint density at radius 2 is 1.82 bits per heavy atom. The number of amides is 1. The van der Waals surface area contributed by atoms with Crippen LogP contribution in [0.15, 0.2) is 42.5 Å². The fourth-order valence-electron chi connectivity index (χ4n) is 2.36. The molecule has 0 aliphatic rings. The van der Waals surface area contributed by atoms with Crippen molar-refractivity contribution in [2.24, 2.45) is 0 Å². The number of hydrogen-bond donors (Lipinski definition) is 2. The third-order valence-corrected chi connectivity index (χ3v) is 3.25. The molecule has 1 amide bonds. The highest BCUT2D eigenvalue weighted by molar-refractivity contribution is 6.06. The minimum Gasteiger partial charge on any atom is -0.321 e. The highest BCUT2D eigenvalue weighted by Gasteiger charge is 2.13. The number of aromatic amines is 1. The van der Waals surface area contributed by atoms with Crippen LogP contribution in [0.5, 0.6) is 0 Å². The van der Waals surface area contributed by atoms with Gasteiger partial charge in [-0.25, -0.2) is 0 Å². The van der Waals surface area contributed by atoms with E-state index in [9.17, 15) is 4.79 Å². The zero-order chi connectivity index (χ0) is 15.5. The van der Waals surface area contributed by atoms with E-state index in [1.807, 2.05) is 56.3 Å². The predicted molar refractivity (Wildman–Crippen MR) is 83.5 cm³/mol. The highest BCUT2D eigenvalue weighted by atomic mass is 16.1.